The van der Waals surface area contributed by atoms with Crippen molar-refractivity contribution in [3.05, 3.63) is 23.8 Å². The lowest BCUT2D eigenvalue weighted by Crippen LogP contribution is -2.37. The molecule has 0 fully saturated rings. The van der Waals surface area contributed by atoms with Crippen LogP contribution in [0.25, 0.3) is 0 Å². The fourth-order valence-corrected chi connectivity index (χ4v) is 1.42. The quantitative estimate of drug-likeness (QED) is 0.808. The van der Waals surface area contributed by atoms with Crippen LogP contribution < -0.4 is 10.1 Å². The molecular formula is C13H18ClNO3. The fraction of sp³-hybridized carbons (Fsp3) is 0.462. The monoisotopic (exact) mass is 271 g/mol. The zero-order valence-electron chi connectivity index (χ0n) is 10.8. The maximum absolute atomic E-state index is 11.8. The first-order valence-electron chi connectivity index (χ1n) is 5.61. The van der Waals surface area contributed by atoms with Gasteiger partial charge >= 0.3 is 0 Å². The number of hydrogen-bond acceptors (Lipinski definition) is 3. The molecule has 1 aromatic carbocycles. The summed E-state index contributed by atoms with van der Waals surface area (Å²) in [5.74, 6) is 0.766. The Labute approximate surface area is 112 Å². The second kappa shape index (κ2) is 5.96. The Balaban J connectivity index is 2.67. The molecule has 5 heteroatoms. The molecule has 0 saturated carbocycles. The normalized spacial score (nSPS) is 11.1. The number of alkyl halides is 1. The number of carbonyl (C=O) groups is 1. The molecule has 0 heterocycles. The van der Waals surface area contributed by atoms with Crippen molar-refractivity contribution < 1.29 is 14.6 Å². The standard InChI is InChI=1S/C13H18ClNO3/c1-13(2,8-14)12(17)15-7-9-4-5-10(18-3)6-11(9)16/h4-6,16H,7-8H2,1-3H3,(H,15,17). The van der Waals surface area contributed by atoms with Gasteiger partial charge in [0.15, 0.2) is 0 Å². The number of carbonyl (C=O) groups excluding carboxylic acids is 1. The second-order valence-corrected chi connectivity index (χ2v) is 4.96. The average Bonchev–Trinajstić information content (AvgIpc) is 2.36. The zero-order chi connectivity index (χ0) is 13.8. The molecule has 0 unspecified atom stereocenters. The minimum absolute atomic E-state index is 0.0957. The van der Waals surface area contributed by atoms with Gasteiger partial charge in [0, 0.05) is 24.1 Å². The fourth-order valence-electron chi connectivity index (χ4n) is 1.30. The van der Waals surface area contributed by atoms with E-state index in [-0.39, 0.29) is 24.1 Å². The molecule has 0 spiro atoms. The van der Waals surface area contributed by atoms with Gasteiger partial charge in [-0.1, -0.05) is 0 Å². The van der Waals surface area contributed by atoms with Crippen molar-refractivity contribution in [1.29, 1.82) is 0 Å². The third-order valence-corrected chi connectivity index (χ3v) is 3.35. The van der Waals surface area contributed by atoms with Crippen LogP contribution in [0.1, 0.15) is 19.4 Å². The van der Waals surface area contributed by atoms with E-state index in [1.165, 1.54) is 13.2 Å². The number of ether oxygens (including phenoxy) is 1. The molecule has 0 aliphatic carbocycles. The van der Waals surface area contributed by atoms with E-state index < -0.39 is 5.41 Å². The molecule has 0 atom stereocenters. The predicted octanol–water partition coefficient (Wildman–Crippen LogP) is 2.28. The number of methoxy groups -OCH3 is 1. The van der Waals surface area contributed by atoms with Crippen LogP contribution >= 0.6 is 11.6 Å². The minimum atomic E-state index is -0.621. The van der Waals surface area contributed by atoms with Crippen LogP contribution in [0.2, 0.25) is 0 Å². The highest BCUT2D eigenvalue weighted by Crippen LogP contribution is 2.24. The molecule has 18 heavy (non-hydrogen) atoms. The Morgan fingerprint density at radius 3 is 2.67 bits per heavy atom. The Hall–Kier alpha value is -1.42. The molecule has 1 rings (SSSR count). The lowest BCUT2D eigenvalue weighted by Gasteiger charge is -2.20. The smallest absolute Gasteiger partial charge is 0.227 e. The predicted molar refractivity (Wildman–Crippen MR) is 71.0 cm³/mol. The summed E-state index contributed by atoms with van der Waals surface area (Å²) >= 11 is 5.71. The molecule has 0 aliphatic heterocycles. The molecule has 0 aliphatic rings. The van der Waals surface area contributed by atoms with Gasteiger partial charge in [-0.2, -0.15) is 0 Å². The van der Waals surface area contributed by atoms with E-state index in [9.17, 15) is 9.90 Å². The number of phenolic OH excluding ortho intramolecular Hbond substituents is 1. The van der Waals surface area contributed by atoms with Gasteiger partial charge in [0.1, 0.15) is 11.5 Å². The van der Waals surface area contributed by atoms with Crippen molar-refractivity contribution >= 4 is 17.5 Å². The highest BCUT2D eigenvalue weighted by atomic mass is 35.5. The van der Waals surface area contributed by atoms with Crippen molar-refractivity contribution in [2.45, 2.75) is 20.4 Å². The van der Waals surface area contributed by atoms with E-state index in [2.05, 4.69) is 5.32 Å². The highest BCUT2D eigenvalue weighted by molar-refractivity contribution is 6.19. The number of aromatic hydroxyl groups is 1. The highest BCUT2D eigenvalue weighted by Gasteiger charge is 2.26. The van der Waals surface area contributed by atoms with Gasteiger partial charge in [-0.3, -0.25) is 4.79 Å². The number of amides is 1. The van der Waals surface area contributed by atoms with Crippen LogP contribution in [0.5, 0.6) is 11.5 Å². The molecule has 0 saturated heterocycles. The number of nitrogens with one attached hydrogen (secondary N) is 1. The summed E-state index contributed by atoms with van der Waals surface area (Å²) in [6, 6.07) is 4.95. The molecule has 0 radical (unpaired) electrons. The molecule has 100 valence electrons. The molecule has 1 aromatic rings. The van der Waals surface area contributed by atoms with Gasteiger partial charge < -0.3 is 15.2 Å². The van der Waals surface area contributed by atoms with E-state index in [1.54, 1.807) is 26.0 Å². The summed E-state index contributed by atoms with van der Waals surface area (Å²) in [6.45, 7) is 3.79. The molecule has 2 N–H and O–H groups in total. The SMILES string of the molecule is COc1ccc(CNC(=O)C(C)(C)CCl)c(O)c1. The topological polar surface area (TPSA) is 58.6 Å². The lowest BCUT2D eigenvalue weighted by atomic mass is 9.95. The maximum atomic E-state index is 11.8. The van der Waals surface area contributed by atoms with Gasteiger partial charge in [0.2, 0.25) is 5.91 Å². The van der Waals surface area contributed by atoms with Crippen molar-refractivity contribution in [3.63, 3.8) is 0 Å². The van der Waals surface area contributed by atoms with Crippen LogP contribution in [0.15, 0.2) is 18.2 Å². The van der Waals surface area contributed by atoms with Gasteiger partial charge in [0.25, 0.3) is 0 Å². The average molecular weight is 272 g/mol. The summed E-state index contributed by atoms with van der Waals surface area (Å²) in [7, 11) is 1.53. The van der Waals surface area contributed by atoms with Crippen LogP contribution in [-0.2, 0) is 11.3 Å². The first-order chi connectivity index (χ1) is 8.40. The minimum Gasteiger partial charge on any atom is -0.507 e. The molecular weight excluding hydrogens is 254 g/mol. The van der Waals surface area contributed by atoms with E-state index in [0.29, 0.717) is 11.3 Å². The van der Waals surface area contributed by atoms with Crippen molar-refractivity contribution in [2.24, 2.45) is 5.41 Å². The molecule has 0 aromatic heterocycles. The number of benzene rings is 1. The summed E-state index contributed by atoms with van der Waals surface area (Å²) in [5.41, 5.74) is 0.0124. The Kier molecular flexibility index (Phi) is 4.84. The van der Waals surface area contributed by atoms with Crippen molar-refractivity contribution in [2.75, 3.05) is 13.0 Å². The van der Waals surface area contributed by atoms with Crippen molar-refractivity contribution in [1.82, 2.24) is 5.32 Å². The van der Waals surface area contributed by atoms with E-state index in [0.717, 1.165) is 0 Å². The third kappa shape index (κ3) is 3.53. The lowest BCUT2D eigenvalue weighted by molar-refractivity contribution is -0.128. The Morgan fingerprint density at radius 1 is 1.50 bits per heavy atom. The Morgan fingerprint density at radius 2 is 2.17 bits per heavy atom. The summed E-state index contributed by atoms with van der Waals surface area (Å²) in [5, 5.41) is 12.5. The molecule has 0 bridgehead atoms. The van der Waals surface area contributed by atoms with E-state index in [1.807, 2.05) is 0 Å². The number of phenols is 1. The molecule has 4 nitrogen and oxygen atoms in total. The van der Waals surface area contributed by atoms with Crippen LogP contribution in [0.3, 0.4) is 0 Å². The van der Waals surface area contributed by atoms with Gasteiger partial charge in [0.05, 0.1) is 12.5 Å². The van der Waals surface area contributed by atoms with Crippen LogP contribution in [0, 0.1) is 5.41 Å². The zero-order valence-corrected chi connectivity index (χ0v) is 11.5. The summed E-state index contributed by atoms with van der Waals surface area (Å²) in [6.07, 6.45) is 0. The van der Waals surface area contributed by atoms with E-state index >= 15 is 0 Å². The van der Waals surface area contributed by atoms with Crippen LogP contribution in [0.4, 0.5) is 0 Å². The van der Waals surface area contributed by atoms with Gasteiger partial charge in [-0.25, -0.2) is 0 Å². The van der Waals surface area contributed by atoms with Crippen molar-refractivity contribution in [3.8, 4) is 11.5 Å². The largest absolute Gasteiger partial charge is 0.507 e. The van der Waals surface area contributed by atoms with Crippen LogP contribution in [-0.4, -0.2) is 24.0 Å². The third-order valence-electron chi connectivity index (χ3n) is 2.68. The molecule has 1 amide bonds. The van der Waals surface area contributed by atoms with Gasteiger partial charge in [-0.15, -0.1) is 11.6 Å². The Bertz CT molecular complexity index is 432. The number of rotatable bonds is 5. The maximum Gasteiger partial charge on any atom is 0.227 e. The van der Waals surface area contributed by atoms with E-state index in [4.69, 9.17) is 16.3 Å². The first kappa shape index (κ1) is 14.6. The second-order valence-electron chi connectivity index (χ2n) is 4.69. The first-order valence-corrected chi connectivity index (χ1v) is 6.14. The summed E-state index contributed by atoms with van der Waals surface area (Å²) < 4.78 is 4.98. The summed E-state index contributed by atoms with van der Waals surface area (Å²) in [4.78, 5) is 11.8. The van der Waals surface area contributed by atoms with Gasteiger partial charge in [-0.05, 0) is 26.0 Å². The number of halogens is 1. The number of hydrogen-bond donors (Lipinski definition) is 2.